The van der Waals surface area contributed by atoms with Crippen LogP contribution >= 0.6 is 0 Å². The minimum absolute atomic E-state index is 0.109. The van der Waals surface area contributed by atoms with Crippen LogP contribution < -0.4 is 0 Å². The van der Waals surface area contributed by atoms with Gasteiger partial charge in [-0.05, 0) is 44.5 Å². The number of hydrogen-bond acceptors (Lipinski definition) is 3. The highest BCUT2D eigenvalue weighted by Crippen LogP contribution is 2.18. The van der Waals surface area contributed by atoms with Crippen molar-refractivity contribution in [1.29, 1.82) is 5.26 Å². The second-order valence-corrected chi connectivity index (χ2v) is 4.38. The molecule has 0 aliphatic rings. The summed E-state index contributed by atoms with van der Waals surface area (Å²) in [5, 5.41) is 18.2. The van der Waals surface area contributed by atoms with Crippen LogP contribution in [-0.4, -0.2) is 29.0 Å². The third-order valence-electron chi connectivity index (χ3n) is 2.83. The first-order chi connectivity index (χ1) is 8.49. The molecule has 0 heterocycles. The fourth-order valence-electron chi connectivity index (χ4n) is 1.70. The third-order valence-corrected chi connectivity index (χ3v) is 2.83. The van der Waals surface area contributed by atoms with Crippen molar-refractivity contribution in [1.82, 2.24) is 4.90 Å². The molecule has 0 radical (unpaired) electrons. The number of nitrogens with zero attached hydrogens (tertiary/aromatic N) is 2. The second kappa shape index (κ2) is 6.06. The summed E-state index contributed by atoms with van der Waals surface area (Å²) in [5.74, 6) is -0.116. The van der Waals surface area contributed by atoms with Crippen molar-refractivity contribution in [2.24, 2.45) is 5.92 Å². The highest BCUT2D eigenvalue weighted by molar-refractivity contribution is 5.94. The summed E-state index contributed by atoms with van der Waals surface area (Å²) in [6.45, 7) is 6.41. The SMILES string of the molecule is CCN(CC(C)C#N)C(=O)c1ccc(O)c(C)c1. The first-order valence-corrected chi connectivity index (χ1v) is 5.98. The first kappa shape index (κ1) is 14.0. The van der Waals surface area contributed by atoms with E-state index in [1.165, 1.54) is 6.07 Å². The molecule has 0 aliphatic carbocycles. The number of carbonyl (C=O) groups excluding carboxylic acids is 1. The van der Waals surface area contributed by atoms with E-state index in [1.807, 2.05) is 6.92 Å². The van der Waals surface area contributed by atoms with Crippen molar-refractivity contribution in [3.8, 4) is 11.8 Å². The smallest absolute Gasteiger partial charge is 0.253 e. The van der Waals surface area contributed by atoms with Crippen LogP contribution in [-0.2, 0) is 0 Å². The summed E-state index contributed by atoms with van der Waals surface area (Å²) in [6.07, 6.45) is 0. The summed E-state index contributed by atoms with van der Waals surface area (Å²) >= 11 is 0. The quantitative estimate of drug-likeness (QED) is 0.886. The van der Waals surface area contributed by atoms with E-state index in [0.29, 0.717) is 24.2 Å². The van der Waals surface area contributed by atoms with E-state index in [1.54, 1.807) is 30.9 Å². The lowest BCUT2D eigenvalue weighted by Gasteiger charge is -2.22. The van der Waals surface area contributed by atoms with Gasteiger partial charge in [0.2, 0.25) is 0 Å². The molecular formula is C14H18N2O2. The largest absolute Gasteiger partial charge is 0.508 e. The van der Waals surface area contributed by atoms with Crippen LogP contribution in [0.5, 0.6) is 5.75 Å². The molecule has 1 unspecified atom stereocenters. The highest BCUT2D eigenvalue weighted by atomic mass is 16.3. The van der Waals surface area contributed by atoms with E-state index in [-0.39, 0.29) is 17.6 Å². The molecule has 0 saturated heterocycles. The number of aromatic hydroxyl groups is 1. The van der Waals surface area contributed by atoms with Crippen LogP contribution in [0.2, 0.25) is 0 Å². The molecule has 18 heavy (non-hydrogen) atoms. The van der Waals surface area contributed by atoms with Crippen molar-refractivity contribution in [3.63, 3.8) is 0 Å². The van der Waals surface area contributed by atoms with Gasteiger partial charge in [-0.1, -0.05) is 0 Å². The average molecular weight is 246 g/mol. The van der Waals surface area contributed by atoms with Crippen LogP contribution in [0, 0.1) is 24.2 Å². The maximum Gasteiger partial charge on any atom is 0.253 e. The Morgan fingerprint density at radius 1 is 1.56 bits per heavy atom. The van der Waals surface area contributed by atoms with Crippen molar-refractivity contribution in [2.75, 3.05) is 13.1 Å². The number of nitriles is 1. The number of amides is 1. The molecule has 0 bridgehead atoms. The predicted molar refractivity (Wildman–Crippen MR) is 69.2 cm³/mol. The number of carbonyl (C=O) groups is 1. The van der Waals surface area contributed by atoms with Gasteiger partial charge in [-0.15, -0.1) is 0 Å². The van der Waals surface area contributed by atoms with Gasteiger partial charge in [0.15, 0.2) is 0 Å². The lowest BCUT2D eigenvalue weighted by molar-refractivity contribution is 0.0752. The molecule has 0 aliphatic heterocycles. The zero-order valence-electron chi connectivity index (χ0n) is 11.0. The Balaban J connectivity index is 2.90. The molecule has 1 N–H and O–H groups in total. The Bertz CT molecular complexity index is 477. The van der Waals surface area contributed by atoms with Gasteiger partial charge in [0.05, 0.1) is 12.0 Å². The van der Waals surface area contributed by atoms with Gasteiger partial charge < -0.3 is 10.0 Å². The Kier molecular flexibility index (Phi) is 4.73. The van der Waals surface area contributed by atoms with Crippen molar-refractivity contribution in [2.45, 2.75) is 20.8 Å². The number of hydrogen-bond donors (Lipinski definition) is 1. The number of phenolic OH excluding ortho intramolecular Hbond substituents is 1. The maximum absolute atomic E-state index is 12.2. The Morgan fingerprint density at radius 3 is 2.72 bits per heavy atom. The summed E-state index contributed by atoms with van der Waals surface area (Å²) in [7, 11) is 0. The number of rotatable bonds is 4. The van der Waals surface area contributed by atoms with Gasteiger partial charge in [-0.3, -0.25) is 4.79 Å². The molecule has 1 atom stereocenters. The average Bonchev–Trinajstić information content (AvgIpc) is 2.38. The Hall–Kier alpha value is -2.02. The van der Waals surface area contributed by atoms with Gasteiger partial charge in [-0.25, -0.2) is 0 Å². The van der Waals surface area contributed by atoms with E-state index in [4.69, 9.17) is 5.26 Å². The van der Waals surface area contributed by atoms with Gasteiger partial charge >= 0.3 is 0 Å². The van der Waals surface area contributed by atoms with Gasteiger partial charge in [0, 0.05) is 18.7 Å². The highest BCUT2D eigenvalue weighted by Gasteiger charge is 2.17. The van der Waals surface area contributed by atoms with Crippen LogP contribution in [0.3, 0.4) is 0 Å². The molecule has 1 amide bonds. The molecule has 0 aromatic heterocycles. The lowest BCUT2D eigenvalue weighted by atomic mass is 10.1. The third kappa shape index (κ3) is 3.24. The maximum atomic E-state index is 12.2. The van der Waals surface area contributed by atoms with Crippen molar-refractivity contribution in [3.05, 3.63) is 29.3 Å². The Labute approximate surface area is 107 Å². The zero-order chi connectivity index (χ0) is 13.7. The molecule has 4 nitrogen and oxygen atoms in total. The van der Waals surface area contributed by atoms with Crippen LogP contribution in [0.15, 0.2) is 18.2 Å². The Morgan fingerprint density at radius 2 is 2.22 bits per heavy atom. The summed E-state index contributed by atoms with van der Waals surface area (Å²) in [4.78, 5) is 13.9. The monoisotopic (exact) mass is 246 g/mol. The fraction of sp³-hybridized carbons (Fsp3) is 0.429. The molecule has 96 valence electrons. The minimum atomic E-state index is -0.188. The first-order valence-electron chi connectivity index (χ1n) is 5.98. The molecule has 0 spiro atoms. The molecule has 1 rings (SSSR count). The number of phenols is 1. The summed E-state index contributed by atoms with van der Waals surface area (Å²) in [5.41, 5.74) is 1.21. The molecular weight excluding hydrogens is 228 g/mol. The minimum Gasteiger partial charge on any atom is -0.508 e. The second-order valence-electron chi connectivity index (χ2n) is 4.38. The lowest BCUT2D eigenvalue weighted by Crippen LogP contribution is -2.34. The number of aryl methyl sites for hydroxylation is 1. The number of benzene rings is 1. The predicted octanol–water partition coefficient (Wildman–Crippen LogP) is 2.32. The molecule has 4 heteroatoms. The van der Waals surface area contributed by atoms with E-state index >= 15 is 0 Å². The van der Waals surface area contributed by atoms with Gasteiger partial charge in [0.1, 0.15) is 5.75 Å². The summed E-state index contributed by atoms with van der Waals surface area (Å²) < 4.78 is 0. The fourth-order valence-corrected chi connectivity index (χ4v) is 1.70. The van der Waals surface area contributed by atoms with Crippen molar-refractivity contribution >= 4 is 5.91 Å². The van der Waals surface area contributed by atoms with E-state index in [0.717, 1.165) is 0 Å². The molecule has 1 aromatic rings. The van der Waals surface area contributed by atoms with Crippen LogP contribution in [0.25, 0.3) is 0 Å². The molecule has 0 fully saturated rings. The van der Waals surface area contributed by atoms with E-state index < -0.39 is 0 Å². The topological polar surface area (TPSA) is 64.3 Å². The normalized spacial score (nSPS) is 11.7. The van der Waals surface area contributed by atoms with Crippen LogP contribution in [0.1, 0.15) is 29.8 Å². The molecule has 0 saturated carbocycles. The summed E-state index contributed by atoms with van der Waals surface area (Å²) in [6, 6.07) is 6.91. The van der Waals surface area contributed by atoms with E-state index in [2.05, 4.69) is 6.07 Å². The standard InChI is InChI=1S/C14H18N2O2/c1-4-16(9-10(2)8-15)14(18)12-5-6-13(17)11(3)7-12/h5-7,10,17H,4,9H2,1-3H3. The van der Waals surface area contributed by atoms with E-state index in [9.17, 15) is 9.90 Å². The van der Waals surface area contributed by atoms with Gasteiger partial charge in [-0.2, -0.15) is 5.26 Å². The zero-order valence-corrected chi connectivity index (χ0v) is 11.0. The van der Waals surface area contributed by atoms with Crippen LogP contribution in [0.4, 0.5) is 0 Å². The van der Waals surface area contributed by atoms with Crippen molar-refractivity contribution < 1.29 is 9.90 Å². The van der Waals surface area contributed by atoms with Gasteiger partial charge in [0.25, 0.3) is 5.91 Å². The molecule has 1 aromatic carbocycles.